The summed E-state index contributed by atoms with van der Waals surface area (Å²) in [6, 6.07) is 10.9. The molecule has 0 bridgehead atoms. The first-order chi connectivity index (χ1) is 14.1. The molecule has 1 aromatic heterocycles. The van der Waals surface area contributed by atoms with Crippen molar-refractivity contribution in [3.63, 3.8) is 0 Å². The van der Waals surface area contributed by atoms with Gasteiger partial charge in [-0.25, -0.2) is 4.99 Å². The molecule has 0 aliphatic carbocycles. The molecule has 158 valence electrons. The average molecular weight is 399 g/mol. The number of piperidine rings is 1. The van der Waals surface area contributed by atoms with Gasteiger partial charge < -0.3 is 19.5 Å². The summed E-state index contributed by atoms with van der Waals surface area (Å²) in [6.45, 7) is 8.41. The van der Waals surface area contributed by atoms with Crippen molar-refractivity contribution >= 4 is 5.96 Å². The highest BCUT2D eigenvalue weighted by molar-refractivity contribution is 5.80. The van der Waals surface area contributed by atoms with Crippen LogP contribution < -0.4 is 5.32 Å². The minimum absolute atomic E-state index is 0.525. The van der Waals surface area contributed by atoms with Gasteiger partial charge in [-0.05, 0) is 37.2 Å². The van der Waals surface area contributed by atoms with Gasteiger partial charge in [-0.2, -0.15) is 0 Å². The smallest absolute Gasteiger partial charge is 0.194 e. The predicted octanol–water partition coefficient (Wildman–Crippen LogP) is 2.73. The largest absolute Gasteiger partial charge is 0.385 e. The zero-order valence-electron chi connectivity index (χ0n) is 18.1. The molecule has 1 aromatic carbocycles. The summed E-state index contributed by atoms with van der Waals surface area (Å²) in [5.41, 5.74) is 1.45. The van der Waals surface area contributed by atoms with Gasteiger partial charge in [0.15, 0.2) is 11.8 Å². The molecule has 3 rings (SSSR count). The maximum Gasteiger partial charge on any atom is 0.194 e. The molecular weight excluding hydrogens is 364 g/mol. The minimum Gasteiger partial charge on any atom is -0.385 e. The topological polar surface area (TPSA) is 67.6 Å². The van der Waals surface area contributed by atoms with Crippen LogP contribution in [0.5, 0.6) is 0 Å². The van der Waals surface area contributed by atoms with Crippen LogP contribution in [0.2, 0.25) is 0 Å². The number of benzene rings is 1. The first kappa shape index (κ1) is 21.3. The molecule has 2 aromatic rings. The van der Waals surface area contributed by atoms with E-state index in [0.29, 0.717) is 18.4 Å². The van der Waals surface area contributed by atoms with Crippen molar-refractivity contribution < 1.29 is 4.74 Å². The van der Waals surface area contributed by atoms with Crippen molar-refractivity contribution in [1.82, 2.24) is 25.0 Å². The highest BCUT2D eigenvalue weighted by Gasteiger charge is 2.28. The number of hydrogen-bond donors (Lipinski definition) is 1. The van der Waals surface area contributed by atoms with Gasteiger partial charge in [0.05, 0.1) is 0 Å². The van der Waals surface area contributed by atoms with E-state index in [2.05, 4.69) is 57.7 Å². The number of ether oxygens (including phenoxy) is 1. The quantitative estimate of drug-likeness (QED) is 0.441. The molecule has 2 unspecified atom stereocenters. The SMILES string of the molecule is COCCCNC(=NCc1nnc(C)n1C)N1CCC(c2ccccc2)C(C)C1. The second-order valence-corrected chi connectivity index (χ2v) is 7.86. The lowest BCUT2D eigenvalue weighted by atomic mass is 9.82. The normalized spacial score (nSPS) is 20.1. The summed E-state index contributed by atoms with van der Waals surface area (Å²) in [6.07, 6.45) is 2.08. The molecule has 7 nitrogen and oxygen atoms in total. The Morgan fingerprint density at radius 3 is 2.72 bits per heavy atom. The van der Waals surface area contributed by atoms with Crippen molar-refractivity contribution in [1.29, 1.82) is 0 Å². The van der Waals surface area contributed by atoms with Crippen LogP contribution in [0, 0.1) is 12.8 Å². The maximum atomic E-state index is 5.18. The maximum absolute atomic E-state index is 5.18. The molecule has 0 amide bonds. The van der Waals surface area contributed by atoms with Gasteiger partial charge in [-0.15, -0.1) is 10.2 Å². The summed E-state index contributed by atoms with van der Waals surface area (Å²) in [5, 5.41) is 11.9. The van der Waals surface area contributed by atoms with Gasteiger partial charge in [0.2, 0.25) is 0 Å². The van der Waals surface area contributed by atoms with Crippen LogP contribution in [-0.2, 0) is 18.3 Å². The van der Waals surface area contributed by atoms with Crippen molar-refractivity contribution in [2.75, 3.05) is 33.4 Å². The molecule has 0 spiro atoms. The number of aromatic nitrogens is 3. The fraction of sp³-hybridized carbons (Fsp3) is 0.591. The van der Waals surface area contributed by atoms with Crippen LogP contribution in [0.1, 0.15) is 42.9 Å². The van der Waals surface area contributed by atoms with Crippen LogP contribution in [0.15, 0.2) is 35.3 Å². The third-order valence-electron chi connectivity index (χ3n) is 5.79. The minimum atomic E-state index is 0.525. The number of aryl methyl sites for hydroxylation is 1. The number of aliphatic imine (C=N–C) groups is 1. The van der Waals surface area contributed by atoms with E-state index in [4.69, 9.17) is 9.73 Å². The second-order valence-electron chi connectivity index (χ2n) is 7.86. The Kier molecular flexibility index (Phi) is 7.63. The summed E-state index contributed by atoms with van der Waals surface area (Å²) >= 11 is 0. The molecule has 0 saturated carbocycles. The Balaban J connectivity index is 1.68. The molecule has 29 heavy (non-hydrogen) atoms. The fourth-order valence-electron chi connectivity index (χ4n) is 3.95. The van der Waals surface area contributed by atoms with Crippen LogP contribution in [0.3, 0.4) is 0 Å². The third kappa shape index (κ3) is 5.56. The van der Waals surface area contributed by atoms with E-state index in [9.17, 15) is 0 Å². The van der Waals surface area contributed by atoms with Crippen LogP contribution in [0.25, 0.3) is 0 Å². The van der Waals surface area contributed by atoms with E-state index in [0.717, 1.165) is 56.7 Å². The first-order valence-electron chi connectivity index (χ1n) is 10.5. The average Bonchev–Trinajstić information content (AvgIpc) is 3.06. The first-order valence-corrected chi connectivity index (χ1v) is 10.5. The van der Waals surface area contributed by atoms with E-state index < -0.39 is 0 Å². The van der Waals surface area contributed by atoms with E-state index in [1.165, 1.54) is 5.56 Å². The number of hydrogen-bond acceptors (Lipinski definition) is 4. The number of nitrogens with zero attached hydrogens (tertiary/aromatic N) is 5. The number of methoxy groups -OCH3 is 1. The second kappa shape index (κ2) is 10.4. The number of likely N-dealkylation sites (tertiary alicyclic amines) is 1. The number of nitrogens with one attached hydrogen (secondary N) is 1. The Hall–Kier alpha value is -2.41. The Labute approximate surface area is 174 Å². The van der Waals surface area contributed by atoms with Gasteiger partial charge in [0.1, 0.15) is 12.4 Å². The van der Waals surface area contributed by atoms with Gasteiger partial charge in [0, 0.05) is 40.4 Å². The van der Waals surface area contributed by atoms with Gasteiger partial charge in [0.25, 0.3) is 0 Å². The summed E-state index contributed by atoms with van der Waals surface area (Å²) in [5.74, 6) is 3.91. The van der Waals surface area contributed by atoms with Crippen molar-refractivity contribution in [3.05, 3.63) is 47.5 Å². The van der Waals surface area contributed by atoms with Crippen molar-refractivity contribution in [2.24, 2.45) is 18.0 Å². The van der Waals surface area contributed by atoms with Crippen LogP contribution in [0.4, 0.5) is 0 Å². The molecule has 7 heteroatoms. The van der Waals surface area contributed by atoms with Crippen LogP contribution >= 0.6 is 0 Å². The van der Waals surface area contributed by atoms with Crippen LogP contribution in [-0.4, -0.2) is 59.0 Å². The van der Waals surface area contributed by atoms with Gasteiger partial charge in [-0.3, -0.25) is 0 Å². The zero-order valence-corrected chi connectivity index (χ0v) is 18.1. The Bertz CT molecular complexity index is 788. The molecule has 1 aliphatic rings. The highest BCUT2D eigenvalue weighted by Crippen LogP contribution is 2.32. The van der Waals surface area contributed by atoms with Gasteiger partial charge >= 0.3 is 0 Å². The molecule has 1 fully saturated rings. The monoisotopic (exact) mass is 398 g/mol. The standard InChI is InChI=1S/C22H34N6O/c1-17-16-28(13-11-20(17)19-9-6-5-7-10-19)22(23-12-8-14-29-4)24-15-21-26-25-18(2)27(21)3/h5-7,9-10,17,20H,8,11-16H2,1-4H3,(H,23,24). The summed E-state index contributed by atoms with van der Waals surface area (Å²) < 4.78 is 7.18. The molecule has 1 aliphatic heterocycles. The molecular formula is C22H34N6O. The lowest BCUT2D eigenvalue weighted by molar-refractivity contribution is 0.194. The molecule has 2 atom stereocenters. The van der Waals surface area contributed by atoms with E-state index in [-0.39, 0.29) is 0 Å². The van der Waals surface area contributed by atoms with E-state index in [1.54, 1.807) is 7.11 Å². The molecule has 2 heterocycles. The lowest BCUT2D eigenvalue weighted by Crippen LogP contribution is -2.48. The van der Waals surface area contributed by atoms with E-state index >= 15 is 0 Å². The lowest BCUT2D eigenvalue weighted by Gasteiger charge is -2.39. The zero-order chi connectivity index (χ0) is 20.6. The molecule has 1 N–H and O–H groups in total. The Morgan fingerprint density at radius 2 is 2.07 bits per heavy atom. The molecule has 0 radical (unpaired) electrons. The van der Waals surface area contributed by atoms with Crippen molar-refractivity contribution in [3.8, 4) is 0 Å². The van der Waals surface area contributed by atoms with Gasteiger partial charge in [-0.1, -0.05) is 37.3 Å². The van der Waals surface area contributed by atoms with E-state index in [1.807, 2.05) is 18.5 Å². The third-order valence-corrected chi connectivity index (χ3v) is 5.79. The fourth-order valence-corrected chi connectivity index (χ4v) is 3.95. The number of guanidine groups is 1. The molecule has 1 saturated heterocycles. The Morgan fingerprint density at radius 1 is 1.28 bits per heavy atom. The summed E-state index contributed by atoms with van der Waals surface area (Å²) in [4.78, 5) is 7.28. The number of rotatable bonds is 7. The highest BCUT2D eigenvalue weighted by atomic mass is 16.5. The predicted molar refractivity (Wildman–Crippen MR) is 116 cm³/mol. The summed E-state index contributed by atoms with van der Waals surface area (Å²) in [7, 11) is 3.72. The van der Waals surface area contributed by atoms with Crippen molar-refractivity contribution in [2.45, 2.75) is 39.2 Å².